The van der Waals surface area contributed by atoms with E-state index in [9.17, 15) is 28.1 Å². The van der Waals surface area contributed by atoms with Crippen molar-refractivity contribution in [1.82, 2.24) is 0 Å². The van der Waals surface area contributed by atoms with Crippen LogP contribution in [0.4, 0.5) is 13.2 Å². The fraction of sp³-hybridized carbons (Fsp3) is 0.364. The van der Waals surface area contributed by atoms with Crippen LogP contribution in [0.3, 0.4) is 0 Å². The van der Waals surface area contributed by atoms with Gasteiger partial charge in [-0.05, 0) is 17.7 Å². The van der Waals surface area contributed by atoms with Gasteiger partial charge in [-0.3, -0.25) is 14.9 Å². The lowest BCUT2D eigenvalue weighted by molar-refractivity contribution is -0.483. The minimum Gasteiger partial charge on any atom is -0.481 e. The first-order chi connectivity index (χ1) is 8.70. The molecule has 104 valence electrons. The van der Waals surface area contributed by atoms with Gasteiger partial charge in [0.25, 0.3) is 0 Å². The molecule has 19 heavy (non-hydrogen) atoms. The number of benzene rings is 1. The Balaban J connectivity index is 2.96. The quantitative estimate of drug-likeness (QED) is 0.662. The fourth-order valence-corrected chi connectivity index (χ4v) is 1.62. The van der Waals surface area contributed by atoms with Crippen molar-refractivity contribution in [2.75, 3.05) is 6.54 Å². The Bertz CT molecular complexity index is 454. The molecule has 0 fully saturated rings. The Morgan fingerprint density at radius 1 is 1.32 bits per heavy atom. The maximum Gasteiger partial charge on any atom is 0.416 e. The molecular weight excluding hydrogens is 267 g/mol. The summed E-state index contributed by atoms with van der Waals surface area (Å²) in [5.41, 5.74) is -0.682. The van der Waals surface area contributed by atoms with Crippen molar-refractivity contribution in [1.29, 1.82) is 0 Å². The highest BCUT2D eigenvalue weighted by molar-refractivity contribution is 5.68. The van der Waals surface area contributed by atoms with Crippen molar-refractivity contribution < 1.29 is 28.0 Å². The maximum absolute atomic E-state index is 12.3. The summed E-state index contributed by atoms with van der Waals surface area (Å²) >= 11 is 0. The van der Waals surface area contributed by atoms with Crippen molar-refractivity contribution in [3.63, 3.8) is 0 Å². The second-order valence-electron chi connectivity index (χ2n) is 3.93. The molecule has 0 radical (unpaired) electrons. The number of rotatable bonds is 5. The summed E-state index contributed by atoms with van der Waals surface area (Å²) in [4.78, 5) is 20.3. The van der Waals surface area contributed by atoms with E-state index in [1.807, 2.05) is 0 Å². The van der Waals surface area contributed by atoms with Crippen LogP contribution >= 0.6 is 0 Å². The number of nitro groups is 1. The number of carbonyl (C=O) groups is 1. The number of aliphatic carboxylic acids is 1. The number of nitrogens with zero attached hydrogens (tertiary/aromatic N) is 1. The summed E-state index contributed by atoms with van der Waals surface area (Å²) in [7, 11) is 0. The highest BCUT2D eigenvalue weighted by Gasteiger charge is 2.30. The Morgan fingerprint density at radius 3 is 2.21 bits per heavy atom. The van der Waals surface area contributed by atoms with Gasteiger partial charge in [-0.1, -0.05) is 12.1 Å². The molecule has 1 rings (SSSR count). The first-order valence-electron chi connectivity index (χ1n) is 5.21. The summed E-state index contributed by atoms with van der Waals surface area (Å²) < 4.78 is 37.0. The number of carboxylic acid groups (broad SMARTS) is 1. The largest absolute Gasteiger partial charge is 0.481 e. The van der Waals surface area contributed by atoms with Crippen LogP contribution < -0.4 is 0 Å². The van der Waals surface area contributed by atoms with E-state index < -0.39 is 41.5 Å². The molecule has 0 aliphatic rings. The van der Waals surface area contributed by atoms with Gasteiger partial charge in [0.1, 0.15) is 0 Å². The molecule has 8 heteroatoms. The normalized spacial score (nSPS) is 13.0. The lowest BCUT2D eigenvalue weighted by Gasteiger charge is -2.12. The van der Waals surface area contributed by atoms with Crippen molar-refractivity contribution in [3.05, 3.63) is 45.5 Å². The van der Waals surface area contributed by atoms with Crippen molar-refractivity contribution >= 4 is 5.97 Å². The number of hydrogen-bond donors (Lipinski definition) is 1. The highest BCUT2D eigenvalue weighted by Crippen LogP contribution is 2.30. The van der Waals surface area contributed by atoms with Crippen LogP contribution in [0, 0.1) is 10.1 Å². The molecular formula is C11H10F3NO4. The van der Waals surface area contributed by atoms with E-state index in [2.05, 4.69) is 0 Å². The number of halogens is 3. The Labute approximate surface area is 105 Å². The third-order valence-electron chi connectivity index (χ3n) is 2.50. The molecule has 0 aromatic heterocycles. The second-order valence-corrected chi connectivity index (χ2v) is 3.93. The molecule has 1 aromatic carbocycles. The molecule has 1 unspecified atom stereocenters. The van der Waals surface area contributed by atoms with Gasteiger partial charge in [-0.15, -0.1) is 0 Å². The smallest absolute Gasteiger partial charge is 0.416 e. The molecule has 0 bridgehead atoms. The summed E-state index contributed by atoms with van der Waals surface area (Å²) in [5.74, 6) is -2.19. The molecule has 0 spiro atoms. The van der Waals surface area contributed by atoms with Gasteiger partial charge in [-0.2, -0.15) is 13.2 Å². The summed E-state index contributed by atoms with van der Waals surface area (Å²) in [5, 5.41) is 19.1. The monoisotopic (exact) mass is 277 g/mol. The van der Waals surface area contributed by atoms with E-state index in [0.717, 1.165) is 24.3 Å². The van der Waals surface area contributed by atoms with E-state index in [1.165, 1.54) is 0 Å². The maximum atomic E-state index is 12.3. The first kappa shape index (κ1) is 14.9. The number of carboxylic acids is 1. The Hall–Kier alpha value is -2.12. The van der Waals surface area contributed by atoms with Gasteiger partial charge in [0.05, 0.1) is 17.9 Å². The molecule has 0 heterocycles. The van der Waals surface area contributed by atoms with Crippen LogP contribution in [0.1, 0.15) is 23.5 Å². The topological polar surface area (TPSA) is 80.4 Å². The van der Waals surface area contributed by atoms with E-state index >= 15 is 0 Å². The molecule has 0 aliphatic heterocycles. The van der Waals surface area contributed by atoms with Gasteiger partial charge >= 0.3 is 12.1 Å². The van der Waals surface area contributed by atoms with E-state index in [1.54, 1.807) is 0 Å². The lowest BCUT2D eigenvalue weighted by Crippen LogP contribution is -2.16. The average molecular weight is 277 g/mol. The highest BCUT2D eigenvalue weighted by atomic mass is 19.4. The third-order valence-corrected chi connectivity index (χ3v) is 2.50. The predicted molar refractivity (Wildman–Crippen MR) is 58.3 cm³/mol. The Morgan fingerprint density at radius 2 is 1.84 bits per heavy atom. The zero-order chi connectivity index (χ0) is 14.6. The summed E-state index contributed by atoms with van der Waals surface area (Å²) in [6, 6.07) is 3.70. The number of alkyl halides is 3. The van der Waals surface area contributed by atoms with Gasteiger partial charge in [0.15, 0.2) is 0 Å². The van der Waals surface area contributed by atoms with E-state index in [0.29, 0.717) is 0 Å². The minimum atomic E-state index is -4.50. The molecule has 5 nitrogen and oxygen atoms in total. The van der Waals surface area contributed by atoms with Crippen LogP contribution in [0.15, 0.2) is 24.3 Å². The SMILES string of the molecule is O=C(O)CC(C[N+](=O)[O-])c1ccc(C(F)(F)F)cc1. The van der Waals surface area contributed by atoms with Crippen molar-refractivity contribution in [2.45, 2.75) is 18.5 Å². The Kier molecular flexibility index (Phi) is 4.47. The third kappa shape index (κ3) is 4.57. The van der Waals surface area contributed by atoms with Gasteiger partial charge in [0, 0.05) is 4.92 Å². The molecule has 0 aliphatic carbocycles. The minimum absolute atomic E-state index is 0.201. The van der Waals surface area contributed by atoms with Crippen LogP contribution in [0.25, 0.3) is 0 Å². The fourth-order valence-electron chi connectivity index (χ4n) is 1.62. The van der Waals surface area contributed by atoms with E-state index in [-0.39, 0.29) is 5.56 Å². The van der Waals surface area contributed by atoms with Gasteiger partial charge < -0.3 is 5.11 Å². The summed E-state index contributed by atoms with van der Waals surface area (Å²) in [6.07, 6.45) is -5.00. The average Bonchev–Trinajstić information content (AvgIpc) is 2.26. The molecule has 1 aromatic rings. The van der Waals surface area contributed by atoms with Crippen molar-refractivity contribution in [3.8, 4) is 0 Å². The van der Waals surface area contributed by atoms with Gasteiger partial charge in [-0.25, -0.2) is 0 Å². The standard InChI is InChI=1S/C11H10F3NO4/c12-11(13,14)9-3-1-7(2-4-9)8(5-10(16)17)6-15(18)19/h1-4,8H,5-6H2,(H,16,17). The van der Waals surface area contributed by atoms with Crippen LogP contribution in [-0.2, 0) is 11.0 Å². The first-order valence-corrected chi connectivity index (χ1v) is 5.21. The molecule has 0 amide bonds. The van der Waals surface area contributed by atoms with Gasteiger partial charge in [0.2, 0.25) is 6.54 Å². The molecule has 0 saturated carbocycles. The van der Waals surface area contributed by atoms with E-state index in [4.69, 9.17) is 5.11 Å². The molecule has 0 saturated heterocycles. The van der Waals surface area contributed by atoms with Crippen LogP contribution in [0.2, 0.25) is 0 Å². The zero-order valence-corrected chi connectivity index (χ0v) is 9.55. The van der Waals surface area contributed by atoms with Crippen LogP contribution in [-0.4, -0.2) is 22.5 Å². The predicted octanol–water partition coefficient (Wildman–Crippen LogP) is 2.54. The second kappa shape index (κ2) is 5.68. The van der Waals surface area contributed by atoms with Crippen molar-refractivity contribution in [2.24, 2.45) is 0 Å². The summed E-state index contributed by atoms with van der Waals surface area (Å²) in [6.45, 7) is -0.641. The number of hydrogen-bond acceptors (Lipinski definition) is 3. The molecule has 1 N–H and O–H groups in total. The van der Waals surface area contributed by atoms with Crippen LogP contribution in [0.5, 0.6) is 0 Å². The molecule has 1 atom stereocenters. The lowest BCUT2D eigenvalue weighted by atomic mass is 9.95. The zero-order valence-electron chi connectivity index (χ0n) is 9.55.